The van der Waals surface area contributed by atoms with Crippen molar-refractivity contribution < 1.29 is 13.6 Å². The molecular weight excluding hydrogens is 417 g/mol. The maximum atomic E-state index is 13.9. The van der Waals surface area contributed by atoms with Gasteiger partial charge in [-0.2, -0.15) is 0 Å². The zero-order valence-corrected chi connectivity index (χ0v) is 17.0. The van der Waals surface area contributed by atoms with E-state index in [9.17, 15) is 9.18 Å². The first-order chi connectivity index (χ1) is 14.1. The summed E-state index contributed by atoms with van der Waals surface area (Å²) < 4.78 is 21.3. The van der Waals surface area contributed by atoms with Crippen molar-refractivity contribution in [2.45, 2.75) is 24.5 Å². The molecule has 1 aromatic carbocycles. The molecule has 1 saturated heterocycles. The van der Waals surface area contributed by atoms with Gasteiger partial charge in [0.2, 0.25) is 11.9 Å². The lowest BCUT2D eigenvalue weighted by Crippen LogP contribution is -2.23. The Morgan fingerprint density at radius 2 is 2.10 bits per heavy atom. The van der Waals surface area contributed by atoms with Gasteiger partial charge in [-0.3, -0.25) is 9.36 Å². The summed E-state index contributed by atoms with van der Waals surface area (Å²) in [5.74, 6) is 0.697. The number of nitrogens with zero attached hydrogens (tertiary/aromatic N) is 4. The number of benzene rings is 1. The van der Waals surface area contributed by atoms with E-state index in [1.807, 2.05) is 16.7 Å². The van der Waals surface area contributed by atoms with Crippen LogP contribution in [0.2, 0.25) is 5.02 Å². The van der Waals surface area contributed by atoms with Crippen LogP contribution in [0.5, 0.6) is 0 Å². The molecule has 0 aliphatic carbocycles. The minimum absolute atomic E-state index is 0.0678. The largest absolute Gasteiger partial charge is 0.467 e. The Kier molecular flexibility index (Phi) is 6.05. The van der Waals surface area contributed by atoms with Crippen molar-refractivity contribution in [1.82, 2.24) is 14.8 Å². The summed E-state index contributed by atoms with van der Waals surface area (Å²) in [6, 6.07) is 7.84. The van der Waals surface area contributed by atoms with Gasteiger partial charge >= 0.3 is 0 Å². The Labute approximate surface area is 176 Å². The van der Waals surface area contributed by atoms with Gasteiger partial charge in [0.1, 0.15) is 11.6 Å². The van der Waals surface area contributed by atoms with E-state index in [-0.39, 0.29) is 22.4 Å². The molecule has 1 aliphatic rings. The molecule has 1 aliphatic heterocycles. The van der Waals surface area contributed by atoms with Crippen LogP contribution in [-0.2, 0) is 11.3 Å². The average Bonchev–Trinajstić information content (AvgIpc) is 3.45. The van der Waals surface area contributed by atoms with Gasteiger partial charge in [-0.1, -0.05) is 23.4 Å². The maximum Gasteiger partial charge on any atom is 0.234 e. The van der Waals surface area contributed by atoms with Crippen LogP contribution < -0.4 is 10.2 Å². The second-order valence-corrected chi connectivity index (χ2v) is 7.98. The lowest BCUT2D eigenvalue weighted by molar-refractivity contribution is -0.113. The predicted molar refractivity (Wildman–Crippen MR) is 110 cm³/mol. The molecule has 1 N–H and O–H groups in total. The molecule has 7 nitrogen and oxygen atoms in total. The summed E-state index contributed by atoms with van der Waals surface area (Å²) in [5, 5.41) is 12.0. The van der Waals surface area contributed by atoms with Crippen LogP contribution in [0.15, 0.2) is 46.2 Å². The predicted octanol–water partition coefficient (Wildman–Crippen LogP) is 4.04. The minimum Gasteiger partial charge on any atom is -0.467 e. The number of anilines is 2. The van der Waals surface area contributed by atoms with Crippen molar-refractivity contribution in [2.24, 2.45) is 0 Å². The van der Waals surface area contributed by atoms with Gasteiger partial charge in [0, 0.05) is 18.1 Å². The molecule has 2 aromatic heterocycles. The number of hydrogen-bond donors (Lipinski definition) is 1. The molecule has 3 aromatic rings. The van der Waals surface area contributed by atoms with Gasteiger partial charge < -0.3 is 14.6 Å². The molecule has 0 atom stereocenters. The van der Waals surface area contributed by atoms with Crippen molar-refractivity contribution in [3.8, 4) is 0 Å². The zero-order valence-electron chi connectivity index (χ0n) is 15.5. The van der Waals surface area contributed by atoms with E-state index in [0.717, 1.165) is 43.7 Å². The molecular formula is C19H19ClFN5O2S. The molecule has 0 radical (unpaired) electrons. The molecule has 0 bridgehead atoms. The minimum atomic E-state index is -0.576. The molecule has 3 heterocycles. The van der Waals surface area contributed by atoms with Crippen molar-refractivity contribution in [3.63, 3.8) is 0 Å². The first-order valence-corrected chi connectivity index (χ1v) is 10.5. The number of nitrogens with one attached hydrogen (secondary N) is 1. The van der Waals surface area contributed by atoms with Gasteiger partial charge in [0.05, 0.1) is 24.2 Å². The van der Waals surface area contributed by atoms with Crippen LogP contribution in [-0.4, -0.2) is 39.5 Å². The molecule has 152 valence electrons. The summed E-state index contributed by atoms with van der Waals surface area (Å²) in [6.45, 7) is 2.33. The number of halogens is 2. The molecule has 1 fully saturated rings. The third-order valence-corrected chi connectivity index (χ3v) is 5.72. The van der Waals surface area contributed by atoms with Crippen molar-refractivity contribution in [1.29, 1.82) is 0 Å². The standard InChI is InChI=1S/C19H19ClFN5O2S/c20-13-5-6-16(15(21)10-13)22-17(27)12-29-19-24-23-18(25-7-1-2-8-25)26(19)11-14-4-3-9-28-14/h3-6,9-10H,1-2,7-8,11-12H2,(H,22,27). The molecule has 29 heavy (non-hydrogen) atoms. The molecule has 1 amide bonds. The van der Waals surface area contributed by atoms with Crippen LogP contribution in [0.3, 0.4) is 0 Å². The molecule has 0 spiro atoms. The summed E-state index contributed by atoms with van der Waals surface area (Å²) >= 11 is 6.99. The smallest absolute Gasteiger partial charge is 0.234 e. The van der Waals surface area contributed by atoms with Gasteiger partial charge in [-0.15, -0.1) is 10.2 Å². The van der Waals surface area contributed by atoms with Crippen LogP contribution >= 0.6 is 23.4 Å². The highest BCUT2D eigenvalue weighted by atomic mass is 35.5. The maximum absolute atomic E-state index is 13.9. The number of furan rings is 1. The van der Waals surface area contributed by atoms with Crippen LogP contribution in [0.1, 0.15) is 18.6 Å². The van der Waals surface area contributed by atoms with E-state index >= 15 is 0 Å². The van der Waals surface area contributed by atoms with E-state index in [1.54, 1.807) is 6.26 Å². The Balaban J connectivity index is 1.46. The summed E-state index contributed by atoms with van der Waals surface area (Å²) in [5.41, 5.74) is 0.0924. The normalized spacial score (nSPS) is 13.8. The third-order valence-electron chi connectivity index (χ3n) is 4.52. The highest BCUT2D eigenvalue weighted by Crippen LogP contribution is 2.26. The first kappa shape index (κ1) is 19.8. The Morgan fingerprint density at radius 1 is 1.28 bits per heavy atom. The van der Waals surface area contributed by atoms with Crippen molar-refractivity contribution in [3.05, 3.63) is 53.2 Å². The SMILES string of the molecule is O=C(CSc1nnc(N2CCCC2)n1Cc1ccco1)Nc1ccc(Cl)cc1F. The number of thioether (sulfide) groups is 1. The van der Waals surface area contributed by atoms with Gasteiger partial charge in [-0.05, 0) is 43.2 Å². The monoisotopic (exact) mass is 435 g/mol. The van der Waals surface area contributed by atoms with Crippen molar-refractivity contribution >= 4 is 40.9 Å². The summed E-state index contributed by atoms with van der Waals surface area (Å²) in [6.07, 6.45) is 3.85. The van der Waals surface area contributed by atoms with Gasteiger partial charge in [0.15, 0.2) is 5.16 Å². The van der Waals surface area contributed by atoms with E-state index < -0.39 is 5.82 Å². The van der Waals surface area contributed by atoms with Crippen molar-refractivity contribution in [2.75, 3.05) is 29.1 Å². The Bertz CT molecular complexity index is 989. The third kappa shape index (κ3) is 4.73. The van der Waals surface area contributed by atoms with E-state index in [4.69, 9.17) is 16.0 Å². The topological polar surface area (TPSA) is 76.2 Å². The highest BCUT2D eigenvalue weighted by Gasteiger charge is 2.22. The van der Waals surface area contributed by atoms with Crippen LogP contribution in [0.4, 0.5) is 16.0 Å². The number of carbonyl (C=O) groups is 1. The second kappa shape index (κ2) is 8.87. The highest BCUT2D eigenvalue weighted by molar-refractivity contribution is 7.99. The number of carbonyl (C=O) groups excluding carboxylic acids is 1. The fourth-order valence-corrected chi connectivity index (χ4v) is 4.03. The lowest BCUT2D eigenvalue weighted by atomic mass is 10.3. The summed E-state index contributed by atoms with van der Waals surface area (Å²) in [7, 11) is 0. The van der Waals surface area contributed by atoms with Gasteiger partial charge in [-0.25, -0.2) is 4.39 Å². The molecule has 10 heteroatoms. The van der Waals surface area contributed by atoms with Crippen LogP contribution in [0, 0.1) is 5.82 Å². The van der Waals surface area contributed by atoms with E-state index in [2.05, 4.69) is 20.4 Å². The molecule has 0 saturated carbocycles. The van der Waals surface area contributed by atoms with Crippen LogP contribution in [0.25, 0.3) is 0 Å². The number of aromatic nitrogens is 3. The second-order valence-electron chi connectivity index (χ2n) is 6.60. The fourth-order valence-electron chi connectivity index (χ4n) is 3.14. The fraction of sp³-hybridized carbons (Fsp3) is 0.316. The average molecular weight is 436 g/mol. The lowest BCUT2D eigenvalue weighted by Gasteiger charge is -2.17. The number of amides is 1. The quantitative estimate of drug-likeness (QED) is 0.564. The zero-order chi connectivity index (χ0) is 20.2. The Hall–Kier alpha value is -2.52. The Morgan fingerprint density at radius 3 is 2.83 bits per heavy atom. The van der Waals surface area contributed by atoms with E-state index in [0.29, 0.717) is 11.7 Å². The molecule has 4 rings (SSSR count). The van der Waals surface area contributed by atoms with Gasteiger partial charge in [0.25, 0.3) is 0 Å². The number of rotatable bonds is 7. The van der Waals surface area contributed by atoms with E-state index in [1.165, 1.54) is 23.9 Å². The molecule has 0 unspecified atom stereocenters. The number of hydrogen-bond acceptors (Lipinski definition) is 6. The first-order valence-electron chi connectivity index (χ1n) is 9.18. The summed E-state index contributed by atoms with van der Waals surface area (Å²) in [4.78, 5) is 14.5.